The summed E-state index contributed by atoms with van der Waals surface area (Å²) in [6.45, 7) is 4.48. The third-order valence-electron chi connectivity index (χ3n) is 2.98. The van der Waals surface area contributed by atoms with Gasteiger partial charge in [-0.15, -0.1) is 0 Å². The van der Waals surface area contributed by atoms with Crippen LogP contribution in [0.25, 0.3) is 0 Å². The Bertz CT molecular complexity index is 570. The van der Waals surface area contributed by atoms with Crippen LogP contribution in [0.4, 0.5) is 10.5 Å². The highest BCUT2D eigenvalue weighted by molar-refractivity contribution is 5.89. The van der Waals surface area contributed by atoms with Crippen LogP contribution in [0.5, 0.6) is 5.75 Å². The minimum Gasteiger partial charge on any atom is -0.494 e. The molecule has 2 aromatic rings. The Morgan fingerprint density at radius 2 is 1.86 bits per heavy atom. The van der Waals surface area contributed by atoms with E-state index in [1.165, 1.54) is 0 Å². The average molecular weight is 285 g/mol. The molecule has 5 heteroatoms. The molecule has 1 atom stereocenters. The molecule has 1 aromatic carbocycles. The zero-order valence-electron chi connectivity index (χ0n) is 12.2. The van der Waals surface area contributed by atoms with Crippen LogP contribution in [-0.4, -0.2) is 17.6 Å². The van der Waals surface area contributed by atoms with Gasteiger partial charge in [0.1, 0.15) is 5.75 Å². The average Bonchev–Trinajstić information content (AvgIpc) is 2.50. The highest BCUT2D eigenvalue weighted by atomic mass is 16.5. The van der Waals surface area contributed by atoms with E-state index < -0.39 is 0 Å². The van der Waals surface area contributed by atoms with Gasteiger partial charge in [-0.1, -0.05) is 0 Å². The van der Waals surface area contributed by atoms with Crippen LogP contribution in [0.15, 0.2) is 48.8 Å². The van der Waals surface area contributed by atoms with Crippen molar-refractivity contribution in [1.29, 1.82) is 0 Å². The molecule has 0 fully saturated rings. The molecule has 2 N–H and O–H groups in total. The van der Waals surface area contributed by atoms with Crippen molar-refractivity contribution in [1.82, 2.24) is 10.3 Å². The van der Waals surface area contributed by atoms with Crippen LogP contribution in [-0.2, 0) is 0 Å². The molecule has 2 rings (SSSR count). The second-order valence-corrected chi connectivity index (χ2v) is 4.56. The summed E-state index contributed by atoms with van der Waals surface area (Å²) in [5, 5.41) is 5.67. The highest BCUT2D eigenvalue weighted by Crippen LogP contribution is 2.16. The summed E-state index contributed by atoms with van der Waals surface area (Å²) < 4.78 is 5.35. The number of aromatic nitrogens is 1. The first-order valence-electron chi connectivity index (χ1n) is 6.89. The smallest absolute Gasteiger partial charge is 0.319 e. The van der Waals surface area contributed by atoms with Crippen molar-refractivity contribution in [3.63, 3.8) is 0 Å². The molecule has 0 spiro atoms. The van der Waals surface area contributed by atoms with Crippen LogP contribution in [0.2, 0.25) is 0 Å². The van der Waals surface area contributed by atoms with Crippen molar-refractivity contribution in [2.45, 2.75) is 19.9 Å². The van der Waals surface area contributed by atoms with E-state index in [2.05, 4.69) is 15.6 Å². The number of rotatable bonds is 5. The third kappa shape index (κ3) is 4.49. The quantitative estimate of drug-likeness (QED) is 0.885. The molecule has 0 bridgehead atoms. The monoisotopic (exact) mass is 285 g/mol. The van der Waals surface area contributed by atoms with E-state index in [0.717, 1.165) is 17.0 Å². The maximum absolute atomic E-state index is 11.9. The van der Waals surface area contributed by atoms with Gasteiger partial charge in [0.25, 0.3) is 0 Å². The number of amides is 2. The minimum absolute atomic E-state index is 0.0873. The summed E-state index contributed by atoms with van der Waals surface area (Å²) in [5.74, 6) is 0.786. The van der Waals surface area contributed by atoms with E-state index >= 15 is 0 Å². The molecular weight excluding hydrogens is 266 g/mol. The predicted molar refractivity (Wildman–Crippen MR) is 82.4 cm³/mol. The van der Waals surface area contributed by atoms with Crippen molar-refractivity contribution >= 4 is 11.7 Å². The van der Waals surface area contributed by atoms with Gasteiger partial charge < -0.3 is 15.4 Å². The lowest BCUT2D eigenvalue weighted by Gasteiger charge is -2.15. The zero-order chi connectivity index (χ0) is 15.1. The van der Waals surface area contributed by atoms with Crippen molar-refractivity contribution in [2.24, 2.45) is 0 Å². The van der Waals surface area contributed by atoms with Gasteiger partial charge in [-0.05, 0) is 55.8 Å². The fourth-order valence-electron chi connectivity index (χ4n) is 1.90. The molecule has 0 radical (unpaired) electrons. The second-order valence-electron chi connectivity index (χ2n) is 4.56. The fraction of sp³-hybridized carbons (Fsp3) is 0.250. The molecule has 110 valence electrons. The number of hydrogen-bond acceptors (Lipinski definition) is 3. The Kier molecular flexibility index (Phi) is 5.15. The lowest BCUT2D eigenvalue weighted by atomic mass is 10.1. The number of nitrogens with zero attached hydrogens (tertiary/aromatic N) is 1. The van der Waals surface area contributed by atoms with Crippen LogP contribution in [0.3, 0.4) is 0 Å². The maximum Gasteiger partial charge on any atom is 0.319 e. The standard InChI is InChI=1S/C16H19N3O2/c1-3-21-15-6-4-14(5-7-15)19-16(20)18-12(2)13-8-10-17-11-9-13/h4-12H,3H2,1-2H3,(H2,18,19,20)/t12-/m0/s1. The number of anilines is 1. The first kappa shape index (κ1) is 14.8. The summed E-state index contributed by atoms with van der Waals surface area (Å²) in [4.78, 5) is 15.9. The Morgan fingerprint density at radius 3 is 2.48 bits per heavy atom. The number of hydrogen-bond donors (Lipinski definition) is 2. The molecule has 0 saturated carbocycles. The van der Waals surface area contributed by atoms with Gasteiger partial charge in [0.2, 0.25) is 0 Å². The number of nitrogens with one attached hydrogen (secondary N) is 2. The Balaban J connectivity index is 1.89. The summed E-state index contributed by atoms with van der Waals surface area (Å²) in [7, 11) is 0. The molecule has 1 heterocycles. The third-order valence-corrected chi connectivity index (χ3v) is 2.98. The summed E-state index contributed by atoms with van der Waals surface area (Å²) >= 11 is 0. The van der Waals surface area contributed by atoms with Gasteiger partial charge >= 0.3 is 6.03 Å². The number of ether oxygens (including phenoxy) is 1. The van der Waals surface area contributed by atoms with Crippen LogP contribution in [0, 0.1) is 0 Å². The molecule has 21 heavy (non-hydrogen) atoms. The maximum atomic E-state index is 11.9. The van der Waals surface area contributed by atoms with Crippen LogP contribution < -0.4 is 15.4 Å². The molecular formula is C16H19N3O2. The lowest BCUT2D eigenvalue weighted by Crippen LogP contribution is -2.31. The van der Waals surface area contributed by atoms with Crippen LogP contribution >= 0.6 is 0 Å². The van der Waals surface area contributed by atoms with Crippen molar-refractivity contribution in [3.05, 3.63) is 54.4 Å². The Labute approximate surface area is 124 Å². The largest absolute Gasteiger partial charge is 0.494 e. The van der Waals surface area contributed by atoms with Gasteiger partial charge in [-0.3, -0.25) is 4.98 Å². The molecule has 0 aliphatic heterocycles. The van der Waals surface area contributed by atoms with Crippen molar-refractivity contribution < 1.29 is 9.53 Å². The topological polar surface area (TPSA) is 63.2 Å². The normalized spacial score (nSPS) is 11.5. The Hall–Kier alpha value is -2.56. The number of pyridine rings is 1. The fourth-order valence-corrected chi connectivity index (χ4v) is 1.90. The van der Waals surface area contributed by atoms with E-state index in [4.69, 9.17) is 4.74 Å². The molecule has 5 nitrogen and oxygen atoms in total. The molecule has 0 saturated heterocycles. The lowest BCUT2D eigenvalue weighted by molar-refractivity contribution is 0.249. The van der Waals surface area contributed by atoms with Gasteiger partial charge in [0, 0.05) is 18.1 Å². The first-order valence-corrected chi connectivity index (χ1v) is 6.89. The van der Waals surface area contributed by atoms with Gasteiger partial charge in [-0.25, -0.2) is 4.79 Å². The SMILES string of the molecule is CCOc1ccc(NC(=O)N[C@@H](C)c2ccncc2)cc1. The van der Waals surface area contributed by atoms with E-state index in [9.17, 15) is 4.79 Å². The van der Waals surface area contributed by atoms with Crippen molar-refractivity contribution in [2.75, 3.05) is 11.9 Å². The molecule has 0 aliphatic carbocycles. The van der Waals surface area contributed by atoms with E-state index in [1.807, 2.05) is 50.2 Å². The number of benzene rings is 1. The number of carbonyl (C=O) groups excluding carboxylic acids is 1. The van der Waals surface area contributed by atoms with Gasteiger partial charge in [0.15, 0.2) is 0 Å². The summed E-state index contributed by atoms with van der Waals surface area (Å²) in [6, 6.07) is 10.7. The number of carbonyl (C=O) groups is 1. The molecule has 2 amide bonds. The summed E-state index contributed by atoms with van der Waals surface area (Å²) in [5.41, 5.74) is 1.73. The Morgan fingerprint density at radius 1 is 1.19 bits per heavy atom. The molecule has 0 aliphatic rings. The summed E-state index contributed by atoms with van der Waals surface area (Å²) in [6.07, 6.45) is 3.41. The van der Waals surface area contributed by atoms with Gasteiger partial charge in [0.05, 0.1) is 12.6 Å². The van der Waals surface area contributed by atoms with Gasteiger partial charge in [-0.2, -0.15) is 0 Å². The van der Waals surface area contributed by atoms with E-state index in [1.54, 1.807) is 12.4 Å². The minimum atomic E-state index is -0.247. The number of urea groups is 1. The van der Waals surface area contributed by atoms with Crippen molar-refractivity contribution in [3.8, 4) is 5.75 Å². The second kappa shape index (κ2) is 7.28. The molecule has 1 aromatic heterocycles. The zero-order valence-corrected chi connectivity index (χ0v) is 12.2. The first-order chi connectivity index (χ1) is 10.2. The van der Waals surface area contributed by atoms with Crippen LogP contribution in [0.1, 0.15) is 25.5 Å². The van der Waals surface area contributed by atoms with E-state index in [-0.39, 0.29) is 12.1 Å². The highest BCUT2D eigenvalue weighted by Gasteiger charge is 2.09. The predicted octanol–water partition coefficient (Wildman–Crippen LogP) is 3.36. The van der Waals surface area contributed by atoms with E-state index in [0.29, 0.717) is 6.61 Å². The molecule has 0 unspecified atom stereocenters.